The minimum atomic E-state index is -4.51. The third-order valence-electron chi connectivity index (χ3n) is 2.02. The zero-order valence-corrected chi connectivity index (χ0v) is 9.95. The van der Waals surface area contributed by atoms with Crippen LogP contribution >= 0.6 is 0 Å². The number of esters is 1. The van der Waals surface area contributed by atoms with Crippen molar-refractivity contribution in [3.8, 4) is 5.75 Å². The van der Waals surface area contributed by atoms with E-state index in [0.29, 0.717) is 0 Å². The van der Waals surface area contributed by atoms with E-state index >= 15 is 0 Å². The lowest BCUT2D eigenvalue weighted by molar-refractivity contribution is 0.0597. The number of hydrogen-bond donors (Lipinski definition) is 2. The van der Waals surface area contributed by atoms with Crippen molar-refractivity contribution in [1.82, 2.24) is 0 Å². The fraction of sp³-hybridized carbons (Fsp3) is 0.222. The second-order valence-electron chi connectivity index (χ2n) is 3.06. The van der Waals surface area contributed by atoms with E-state index in [1.807, 2.05) is 0 Å². The molecule has 0 radical (unpaired) electrons. The molecule has 94 valence electrons. The number of ether oxygens (including phenoxy) is 2. The summed E-state index contributed by atoms with van der Waals surface area (Å²) in [6.45, 7) is 0. The molecule has 0 fully saturated rings. The Bertz CT molecular complexity index is 551. The second kappa shape index (κ2) is 4.60. The lowest BCUT2D eigenvalue weighted by Gasteiger charge is -2.10. The third-order valence-corrected chi connectivity index (χ3v) is 2.92. The van der Waals surface area contributed by atoms with Crippen LogP contribution in [0.25, 0.3) is 0 Å². The van der Waals surface area contributed by atoms with Gasteiger partial charge in [-0.2, -0.15) is 8.42 Å². The molecule has 0 aromatic heterocycles. The Balaban J connectivity index is 3.54. The minimum absolute atomic E-state index is 0.0572. The minimum Gasteiger partial charge on any atom is -0.496 e. The van der Waals surface area contributed by atoms with E-state index in [1.165, 1.54) is 7.11 Å². The van der Waals surface area contributed by atoms with Gasteiger partial charge in [0.15, 0.2) is 0 Å². The van der Waals surface area contributed by atoms with Crippen LogP contribution in [0, 0.1) is 0 Å². The number of carbonyl (C=O) groups excluding carboxylic acids is 1. The van der Waals surface area contributed by atoms with E-state index < -0.39 is 21.0 Å². The summed E-state index contributed by atoms with van der Waals surface area (Å²) in [6, 6.07) is 2.02. The molecule has 0 spiro atoms. The molecule has 8 heteroatoms. The molecule has 0 aliphatic heterocycles. The molecular weight excluding hydrogens is 250 g/mol. The topological polar surface area (TPSA) is 116 Å². The molecule has 0 bridgehead atoms. The van der Waals surface area contributed by atoms with E-state index in [9.17, 15) is 13.2 Å². The van der Waals surface area contributed by atoms with Gasteiger partial charge in [0, 0.05) is 6.07 Å². The van der Waals surface area contributed by atoms with Gasteiger partial charge < -0.3 is 15.2 Å². The fourth-order valence-electron chi connectivity index (χ4n) is 1.24. The molecule has 0 amide bonds. The largest absolute Gasteiger partial charge is 0.496 e. The van der Waals surface area contributed by atoms with Gasteiger partial charge in [0.05, 0.1) is 19.9 Å². The Morgan fingerprint density at radius 1 is 1.35 bits per heavy atom. The Labute approximate surface area is 97.9 Å². The van der Waals surface area contributed by atoms with Crippen LogP contribution in [0.3, 0.4) is 0 Å². The lowest BCUT2D eigenvalue weighted by atomic mass is 10.2. The van der Waals surface area contributed by atoms with Crippen LogP contribution in [0.1, 0.15) is 10.4 Å². The summed E-state index contributed by atoms with van der Waals surface area (Å²) in [5, 5.41) is 0. The van der Waals surface area contributed by atoms with Gasteiger partial charge >= 0.3 is 5.97 Å². The quantitative estimate of drug-likeness (QED) is 0.457. The highest BCUT2D eigenvalue weighted by molar-refractivity contribution is 7.86. The molecule has 1 aromatic carbocycles. The average molecular weight is 261 g/mol. The molecule has 1 rings (SSSR count). The molecule has 0 heterocycles. The number of nitrogens with two attached hydrogens (primary N) is 1. The first-order chi connectivity index (χ1) is 7.81. The van der Waals surface area contributed by atoms with Crippen molar-refractivity contribution in [2.75, 3.05) is 20.0 Å². The molecule has 0 aliphatic rings. The number of rotatable bonds is 3. The maximum atomic E-state index is 11.4. The predicted molar refractivity (Wildman–Crippen MR) is 58.6 cm³/mol. The van der Waals surface area contributed by atoms with Gasteiger partial charge in [-0.1, -0.05) is 0 Å². The number of anilines is 1. The van der Waals surface area contributed by atoms with Crippen molar-refractivity contribution in [3.63, 3.8) is 0 Å². The summed E-state index contributed by atoms with van der Waals surface area (Å²) in [5.74, 6) is -0.742. The second-order valence-corrected chi connectivity index (χ2v) is 4.45. The summed E-state index contributed by atoms with van der Waals surface area (Å²) >= 11 is 0. The normalized spacial score (nSPS) is 11.0. The summed E-state index contributed by atoms with van der Waals surface area (Å²) < 4.78 is 40.2. The Kier molecular flexibility index (Phi) is 3.59. The van der Waals surface area contributed by atoms with E-state index in [2.05, 4.69) is 4.74 Å². The van der Waals surface area contributed by atoms with Crippen molar-refractivity contribution >= 4 is 21.8 Å². The molecular formula is C9H11NO6S. The maximum Gasteiger partial charge on any atom is 0.341 e. The maximum absolute atomic E-state index is 11.4. The molecule has 0 saturated heterocycles. The van der Waals surface area contributed by atoms with Crippen LogP contribution in [0.5, 0.6) is 5.75 Å². The van der Waals surface area contributed by atoms with Crippen molar-refractivity contribution in [2.45, 2.75) is 4.90 Å². The van der Waals surface area contributed by atoms with E-state index in [-0.39, 0.29) is 17.0 Å². The van der Waals surface area contributed by atoms with Crippen LogP contribution in [0.15, 0.2) is 17.0 Å². The van der Waals surface area contributed by atoms with Crippen LogP contribution in [-0.2, 0) is 14.9 Å². The first kappa shape index (κ1) is 13.3. The van der Waals surface area contributed by atoms with E-state index in [1.54, 1.807) is 0 Å². The highest BCUT2D eigenvalue weighted by atomic mass is 32.2. The number of hydrogen-bond acceptors (Lipinski definition) is 6. The van der Waals surface area contributed by atoms with Crippen molar-refractivity contribution in [2.24, 2.45) is 0 Å². The van der Waals surface area contributed by atoms with Crippen molar-refractivity contribution in [1.29, 1.82) is 0 Å². The SMILES string of the molecule is COC(=O)c1cc(S(=O)(=O)O)c(N)cc1OC. The molecule has 1 aromatic rings. The molecule has 0 unspecified atom stereocenters. The van der Waals surface area contributed by atoms with Gasteiger partial charge in [-0.05, 0) is 6.07 Å². The van der Waals surface area contributed by atoms with E-state index in [4.69, 9.17) is 15.0 Å². The van der Waals surface area contributed by atoms with Gasteiger partial charge in [0.25, 0.3) is 10.1 Å². The number of methoxy groups -OCH3 is 2. The molecule has 3 N–H and O–H groups in total. The summed E-state index contributed by atoms with van der Waals surface area (Å²) in [4.78, 5) is 10.8. The van der Waals surface area contributed by atoms with Crippen LogP contribution in [0.4, 0.5) is 5.69 Å². The predicted octanol–water partition coefficient (Wildman–Crippen LogP) is 0.311. The van der Waals surface area contributed by atoms with Gasteiger partial charge in [0.1, 0.15) is 16.2 Å². The van der Waals surface area contributed by atoms with Crippen LogP contribution in [0.2, 0.25) is 0 Å². The zero-order valence-electron chi connectivity index (χ0n) is 9.13. The highest BCUT2D eigenvalue weighted by Crippen LogP contribution is 2.28. The lowest BCUT2D eigenvalue weighted by Crippen LogP contribution is -2.09. The van der Waals surface area contributed by atoms with Gasteiger partial charge in [-0.25, -0.2) is 4.79 Å². The molecule has 17 heavy (non-hydrogen) atoms. The first-order valence-electron chi connectivity index (χ1n) is 4.34. The van der Waals surface area contributed by atoms with Crippen molar-refractivity contribution in [3.05, 3.63) is 17.7 Å². The van der Waals surface area contributed by atoms with Gasteiger partial charge in [0.2, 0.25) is 0 Å². The number of nitrogen functional groups attached to an aromatic ring is 1. The Hall–Kier alpha value is -1.80. The molecule has 0 aliphatic carbocycles. The Morgan fingerprint density at radius 2 is 1.94 bits per heavy atom. The third kappa shape index (κ3) is 2.66. The zero-order chi connectivity index (χ0) is 13.2. The van der Waals surface area contributed by atoms with Crippen molar-refractivity contribution < 1.29 is 27.2 Å². The smallest absolute Gasteiger partial charge is 0.341 e. The Morgan fingerprint density at radius 3 is 2.35 bits per heavy atom. The monoisotopic (exact) mass is 261 g/mol. The molecule has 0 atom stereocenters. The fourth-order valence-corrected chi connectivity index (χ4v) is 1.86. The summed E-state index contributed by atoms with van der Waals surface area (Å²) in [7, 11) is -2.09. The number of carbonyl (C=O) groups is 1. The average Bonchev–Trinajstić information content (AvgIpc) is 2.25. The summed E-state index contributed by atoms with van der Waals surface area (Å²) in [6.07, 6.45) is 0. The number of benzene rings is 1. The standard InChI is InChI=1S/C9H11NO6S/c1-15-7-4-6(10)8(17(12,13)14)3-5(7)9(11)16-2/h3-4H,10H2,1-2H3,(H,12,13,14). The van der Waals surface area contributed by atoms with Gasteiger partial charge in [-0.15, -0.1) is 0 Å². The first-order valence-corrected chi connectivity index (χ1v) is 5.78. The van der Waals surface area contributed by atoms with Crippen LogP contribution < -0.4 is 10.5 Å². The van der Waals surface area contributed by atoms with Crippen LogP contribution in [-0.4, -0.2) is 33.2 Å². The highest BCUT2D eigenvalue weighted by Gasteiger charge is 2.21. The summed E-state index contributed by atoms with van der Waals surface area (Å²) in [5.41, 5.74) is 5.06. The molecule has 7 nitrogen and oxygen atoms in total. The molecule has 0 saturated carbocycles. The van der Waals surface area contributed by atoms with Gasteiger partial charge in [-0.3, -0.25) is 4.55 Å². The van der Waals surface area contributed by atoms with E-state index in [0.717, 1.165) is 19.2 Å².